The molecule has 0 unspecified atom stereocenters. The van der Waals surface area contributed by atoms with Crippen LogP contribution in [-0.4, -0.2) is 28.7 Å². The normalized spacial score (nSPS) is 15.6. The molecule has 1 atom stereocenters. The second-order valence-electron chi connectivity index (χ2n) is 6.91. The molecular formula is C20H18N4O3S. The van der Waals surface area contributed by atoms with Crippen LogP contribution in [-0.2, 0) is 22.4 Å². The molecule has 1 aromatic carbocycles. The molecule has 2 heterocycles. The lowest BCUT2D eigenvalue weighted by Crippen LogP contribution is -2.21. The first-order chi connectivity index (χ1) is 13.6. The molecule has 0 saturated heterocycles. The number of thiophene rings is 1. The van der Waals surface area contributed by atoms with E-state index in [1.165, 1.54) is 11.3 Å². The maximum absolute atomic E-state index is 12.3. The standard InChI is InChI=1S/C20H18N4O3S/c1-11-6-7-12-14(9-21)19(28-16(12)8-11)22-17(25)10-27-20(26)18-13-4-2-3-5-15(13)23-24-18/h2-5,11H,6-8,10H2,1H3,(H,22,25)(H,23,24)/t11-/m0/s1. The van der Waals surface area contributed by atoms with Crippen molar-refractivity contribution in [3.05, 3.63) is 46.0 Å². The van der Waals surface area contributed by atoms with Crippen molar-refractivity contribution in [1.82, 2.24) is 10.2 Å². The first-order valence-corrected chi connectivity index (χ1v) is 9.83. The molecule has 1 aliphatic rings. The highest BCUT2D eigenvalue weighted by Crippen LogP contribution is 2.39. The number of aromatic nitrogens is 2. The summed E-state index contributed by atoms with van der Waals surface area (Å²) >= 11 is 1.44. The Morgan fingerprint density at radius 3 is 3.07 bits per heavy atom. The van der Waals surface area contributed by atoms with E-state index in [-0.39, 0.29) is 5.69 Å². The number of hydrogen-bond donors (Lipinski definition) is 2. The summed E-state index contributed by atoms with van der Waals surface area (Å²) in [6, 6.07) is 9.39. The SMILES string of the molecule is C[C@H]1CCc2c(sc(NC(=O)COC(=O)c3n[nH]c4ccccc34)c2C#N)C1. The summed E-state index contributed by atoms with van der Waals surface area (Å²) in [5.41, 5.74) is 2.43. The van der Waals surface area contributed by atoms with Crippen LogP contribution in [0.4, 0.5) is 5.00 Å². The van der Waals surface area contributed by atoms with Crippen molar-refractivity contribution in [1.29, 1.82) is 5.26 Å². The third-order valence-electron chi connectivity index (χ3n) is 4.87. The number of hydrogen-bond acceptors (Lipinski definition) is 6. The number of benzene rings is 1. The van der Waals surface area contributed by atoms with Gasteiger partial charge in [0.2, 0.25) is 0 Å². The van der Waals surface area contributed by atoms with Gasteiger partial charge in [-0.2, -0.15) is 10.4 Å². The molecule has 0 saturated carbocycles. The van der Waals surface area contributed by atoms with Gasteiger partial charge in [0.25, 0.3) is 5.91 Å². The van der Waals surface area contributed by atoms with Gasteiger partial charge in [-0.15, -0.1) is 11.3 Å². The monoisotopic (exact) mass is 394 g/mol. The number of carbonyl (C=O) groups excluding carboxylic acids is 2. The van der Waals surface area contributed by atoms with E-state index in [0.717, 1.165) is 35.2 Å². The second kappa shape index (κ2) is 7.44. The van der Waals surface area contributed by atoms with Crippen molar-refractivity contribution in [2.75, 3.05) is 11.9 Å². The van der Waals surface area contributed by atoms with E-state index in [1.807, 2.05) is 6.07 Å². The highest BCUT2D eigenvalue weighted by atomic mass is 32.1. The van der Waals surface area contributed by atoms with Crippen molar-refractivity contribution in [2.45, 2.75) is 26.2 Å². The molecule has 1 aliphatic carbocycles. The van der Waals surface area contributed by atoms with E-state index in [2.05, 4.69) is 28.5 Å². The number of ether oxygens (including phenoxy) is 1. The first-order valence-electron chi connectivity index (χ1n) is 9.01. The molecule has 0 fully saturated rings. The molecule has 1 amide bonds. The Balaban J connectivity index is 1.43. The van der Waals surface area contributed by atoms with Gasteiger partial charge in [0.05, 0.1) is 11.1 Å². The van der Waals surface area contributed by atoms with Crippen LogP contribution in [0.5, 0.6) is 0 Å². The van der Waals surface area contributed by atoms with E-state index in [1.54, 1.807) is 18.2 Å². The van der Waals surface area contributed by atoms with Crippen LogP contribution in [0.2, 0.25) is 0 Å². The fourth-order valence-corrected chi connectivity index (χ4v) is 4.82. The molecule has 7 nitrogen and oxygen atoms in total. The molecule has 28 heavy (non-hydrogen) atoms. The van der Waals surface area contributed by atoms with Gasteiger partial charge in [-0.05, 0) is 36.8 Å². The predicted molar refractivity (Wildman–Crippen MR) is 105 cm³/mol. The highest BCUT2D eigenvalue weighted by Gasteiger charge is 2.25. The number of para-hydroxylation sites is 1. The predicted octanol–water partition coefficient (Wildman–Crippen LogP) is 3.42. The third-order valence-corrected chi connectivity index (χ3v) is 6.04. The molecule has 0 aliphatic heterocycles. The minimum absolute atomic E-state index is 0.140. The van der Waals surface area contributed by atoms with Gasteiger partial charge in [-0.25, -0.2) is 4.79 Å². The van der Waals surface area contributed by atoms with Crippen LogP contribution in [0.3, 0.4) is 0 Å². The Morgan fingerprint density at radius 1 is 1.43 bits per heavy atom. The Kier molecular flexibility index (Phi) is 4.84. The van der Waals surface area contributed by atoms with Crippen LogP contribution >= 0.6 is 11.3 Å². The lowest BCUT2D eigenvalue weighted by Gasteiger charge is -2.17. The largest absolute Gasteiger partial charge is 0.451 e. The maximum Gasteiger partial charge on any atom is 0.359 e. The van der Waals surface area contributed by atoms with Gasteiger partial charge in [0, 0.05) is 10.3 Å². The van der Waals surface area contributed by atoms with Gasteiger partial charge < -0.3 is 10.1 Å². The molecular weight excluding hydrogens is 376 g/mol. The fourth-order valence-electron chi connectivity index (χ4n) is 3.44. The van der Waals surface area contributed by atoms with Gasteiger partial charge in [0.1, 0.15) is 11.1 Å². The number of amides is 1. The Bertz CT molecular complexity index is 1110. The summed E-state index contributed by atoms with van der Waals surface area (Å²) in [6.07, 6.45) is 2.82. The summed E-state index contributed by atoms with van der Waals surface area (Å²) in [6.45, 7) is 1.75. The van der Waals surface area contributed by atoms with Crippen LogP contribution in [0.1, 0.15) is 39.8 Å². The highest BCUT2D eigenvalue weighted by molar-refractivity contribution is 7.16. The van der Waals surface area contributed by atoms with Gasteiger partial charge in [-0.3, -0.25) is 9.89 Å². The molecule has 0 spiro atoms. The maximum atomic E-state index is 12.3. The number of esters is 1. The van der Waals surface area contributed by atoms with Crippen molar-refractivity contribution in [3.63, 3.8) is 0 Å². The first kappa shape index (κ1) is 18.2. The Morgan fingerprint density at radius 2 is 2.25 bits per heavy atom. The van der Waals surface area contributed by atoms with E-state index in [9.17, 15) is 14.9 Å². The number of rotatable bonds is 4. The summed E-state index contributed by atoms with van der Waals surface area (Å²) in [7, 11) is 0. The molecule has 142 valence electrons. The van der Waals surface area contributed by atoms with Crippen LogP contribution in [0.15, 0.2) is 24.3 Å². The summed E-state index contributed by atoms with van der Waals surface area (Å²) in [4.78, 5) is 25.7. The molecule has 0 bridgehead atoms. The average molecular weight is 394 g/mol. The molecule has 2 aromatic heterocycles. The van der Waals surface area contributed by atoms with Gasteiger partial charge >= 0.3 is 5.97 Å². The molecule has 8 heteroatoms. The number of nitrogens with one attached hydrogen (secondary N) is 2. The molecule has 3 aromatic rings. The Hall–Kier alpha value is -3.18. The minimum Gasteiger partial charge on any atom is -0.451 e. The zero-order chi connectivity index (χ0) is 19.7. The summed E-state index contributed by atoms with van der Waals surface area (Å²) in [5.74, 6) is -0.574. The fraction of sp³-hybridized carbons (Fsp3) is 0.300. The molecule has 2 N–H and O–H groups in total. The van der Waals surface area contributed by atoms with E-state index in [4.69, 9.17) is 4.74 Å². The van der Waals surface area contributed by atoms with Crippen LogP contribution < -0.4 is 5.32 Å². The number of H-pyrrole nitrogens is 1. The molecule has 0 radical (unpaired) electrons. The van der Waals surface area contributed by atoms with Gasteiger partial charge in [0.15, 0.2) is 12.3 Å². The third kappa shape index (κ3) is 3.37. The summed E-state index contributed by atoms with van der Waals surface area (Å²) in [5, 5.41) is 20.1. The zero-order valence-electron chi connectivity index (χ0n) is 15.2. The average Bonchev–Trinajstić information content (AvgIpc) is 3.26. The number of anilines is 1. The van der Waals surface area contributed by atoms with Gasteiger partial charge in [-0.1, -0.05) is 25.1 Å². The minimum atomic E-state index is -0.674. The molecule has 4 rings (SSSR count). The van der Waals surface area contributed by atoms with Crippen molar-refractivity contribution in [2.24, 2.45) is 5.92 Å². The Labute approximate surface area is 165 Å². The van der Waals surface area contributed by atoms with E-state index < -0.39 is 18.5 Å². The van der Waals surface area contributed by atoms with Crippen LogP contribution in [0.25, 0.3) is 10.9 Å². The topological polar surface area (TPSA) is 108 Å². The van der Waals surface area contributed by atoms with E-state index >= 15 is 0 Å². The number of carbonyl (C=O) groups is 2. The van der Waals surface area contributed by atoms with E-state index in [0.29, 0.717) is 21.9 Å². The van der Waals surface area contributed by atoms with Crippen LogP contribution in [0, 0.1) is 17.2 Å². The number of aromatic amines is 1. The number of nitrogens with zero attached hydrogens (tertiary/aromatic N) is 2. The zero-order valence-corrected chi connectivity index (χ0v) is 16.1. The lowest BCUT2D eigenvalue weighted by molar-refractivity contribution is -0.119. The summed E-state index contributed by atoms with van der Waals surface area (Å²) < 4.78 is 5.11. The van der Waals surface area contributed by atoms with Crippen molar-refractivity contribution < 1.29 is 14.3 Å². The second-order valence-corrected chi connectivity index (χ2v) is 8.01. The quantitative estimate of drug-likeness (QED) is 0.659. The van der Waals surface area contributed by atoms with Crippen molar-refractivity contribution >= 4 is 39.1 Å². The number of fused-ring (bicyclic) bond motifs is 2. The smallest absolute Gasteiger partial charge is 0.359 e. The van der Waals surface area contributed by atoms with Crippen molar-refractivity contribution in [3.8, 4) is 6.07 Å². The lowest BCUT2D eigenvalue weighted by atomic mass is 9.89. The number of nitriles is 1.